The summed E-state index contributed by atoms with van der Waals surface area (Å²) in [6.07, 6.45) is -3.65. The zero-order chi connectivity index (χ0) is 23.0. The first-order chi connectivity index (χ1) is 14.0. The predicted molar refractivity (Wildman–Crippen MR) is 95.3 cm³/mol. The lowest BCUT2D eigenvalue weighted by molar-refractivity contribution is -0.188. The van der Waals surface area contributed by atoms with Crippen LogP contribution in [0.25, 0.3) is 0 Å². The van der Waals surface area contributed by atoms with Crippen molar-refractivity contribution in [2.45, 2.75) is 52.0 Å². The molecule has 0 aromatic heterocycles. The molecule has 0 aromatic carbocycles. The molecule has 0 radical (unpaired) electrons. The van der Waals surface area contributed by atoms with Gasteiger partial charge >= 0.3 is 23.9 Å². The Hall–Kier alpha value is -3.44. The van der Waals surface area contributed by atoms with Gasteiger partial charge in [0, 0.05) is 33.8 Å². The van der Waals surface area contributed by atoms with Gasteiger partial charge in [0.05, 0.1) is 7.11 Å². The Kier molecular flexibility index (Phi) is 8.96. The maximum absolute atomic E-state index is 12.6. The third-order valence-electron chi connectivity index (χ3n) is 3.68. The fourth-order valence-corrected chi connectivity index (χ4v) is 2.62. The molecular weight excluding hydrogens is 406 g/mol. The number of nitrogens with one attached hydrogen (secondary N) is 1. The highest BCUT2D eigenvalue weighted by Gasteiger charge is 2.47. The zero-order valence-electron chi connectivity index (χ0n) is 17.1. The molecule has 0 spiro atoms. The third-order valence-corrected chi connectivity index (χ3v) is 3.68. The number of ether oxygens (including phenoxy) is 5. The minimum atomic E-state index is -1.54. The maximum Gasteiger partial charge on any atom is 0.373 e. The molecule has 4 atom stereocenters. The Bertz CT molecular complexity index is 757. The standard InChI is InChI=1S/C18H23NO11/c1-8(20)19-15-12(24)6-13(18(25)26-5)30-17(15)16(29-11(4)23)14(28-10(3)22)7-27-9(2)21/h6,14-17H,7H2,1-5H3,(H,19,20)/t14-,15-,16-,17-/m1/s1. The number of esters is 4. The Labute approximate surface area is 171 Å². The van der Waals surface area contributed by atoms with Crippen LogP contribution < -0.4 is 5.32 Å². The highest BCUT2D eigenvalue weighted by Crippen LogP contribution is 2.25. The van der Waals surface area contributed by atoms with Crippen molar-refractivity contribution in [2.75, 3.05) is 13.7 Å². The minimum Gasteiger partial charge on any atom is -0.476 e. The number of rotatable bonds is 8. The molecule has 0 unspecified atom stereocenters. The number of methoxy groups -OCH3 is 1. The van der Waals surface area contributed by atoms with Crippen LogP contribution in [0, 0.1) is 0 Å². The molecule has 0 aromatic rings. The molecule has 0 fully saturated rings. The number of carbonyl (C=O) groups is 6. The van der Waals surface area contributed by atoms with Gasteiger partial charge in [-0.25, -0.2) is 4.79 Å². The smallest absolute Gasteiger partial charge is 0.373 e. The molecular formula is C18H23NO11. The highest BCUT2D eigenvalue weighted by atomic mass is 16.6. The van der Waals surface area contributed by atoms with Gasteiger partial charge in [-0.1, -0.05) is 0 Å². The number of amides is 1. The lowest BCUT2D eigenvalue weighted by atomic mass is 9.94. The Balaban J connectivity index is 3.43. The minimum absolute atomic E-state index is 0.514. The van der Waals surface area contributed by atoms with Crippen LogP contribution in [0.5, 0.6) is 0 Å². The molecule has 12 nitrogen and oxygen atoms in total. The van der Waals surface area contributed by atoms with E-state index in [1.54, 1.807) is 0 Å². The second-order valence-electron chi connectivity index (χ2n) is 6.19. The number of carbonyl (C=O) groups excluding carboxylic acids is 6. The van der Waals surface area contributed by atoms with Crippen LogP contribution in [-0.4, -0.2) is 73.6 Å². The first kappa shape index (κ1) is 24.6. The summed E-state index contributed by atoms with van der Waals surface area (Å²) >= 11 is 0. The van der Waals surface area contributed by atoms with E-state index in [9.17, 15) is 28.8 Å². The molecule has 1 N–H and O–H groups in total. The normalized spacial score (nSPS) is 19.9. The van der Waals surface area contributed by atoms with E-state index in [1.807, 2.05) is 0 Å². The van der Waals surface area contributed by atoms with Gasteiger partial charge in [-0.3, -0.25) is 24.0 Å². The largest absolute Gasteiger partial charge is 0.476 e. The van der Waals surface area contributed by atoms with Gasteiger partial charge in [-0.2, -0.15) is 0 Å². The van der Waals surface area contributed by atoms with Crippen LogP contribution in [0.15, 0.2) is 11.8 Å². The Morgan fingerprint density at radius 2 is 1.63 bits per heavy atom. The fraction of sp³-hybridized carbons (Fsp3) is 0.556. The molecule has 0 saturated heterocycles. The van der Waals surface area contributed by atoms with Gasteiger partial charge in [-0.05, 0) is 0 Å². The molecule has 0 aliphatic carbocycles. The van der Waals surface area contributed by atoms with E-state index < -0.39 is 72.3 Å². The van der Waals surface area contributed by atoms with Crippen LogP contribution in [0.3, 0.4) is 0 Å². The van der Waals surface area contributed by atoms with Crippen molar-refractivity contribution < 1.29 is 52.5 Å². The summed E-state index contributed by atoms with van der Waals surface area (Å²) in [7, 11) is 1.05. The summed E-state index contributed by atoms with van der Waals surface area (Å²) in [6.45, 7) is 3.78. The molecule has 166 valence electrons. The zero-order valence-corrected chi connectivity index (χ0v) is 17.1. The number of hydrogen-bond acceptors (Lipinski definition) is 11. The number of hydrogen-bond donors (Lipinski definition) is 1. The summed E-state index contributed by atoms with van der Waals surface area (Å²) in [5.41, 5.74) is 0. The third kappa shape index (κ3) is 7.18. The second kappa shape index (κ2) is 10.9. The Morgan fingerprint density at radius 3 is 2.10 bits per heavy atom. The topological polar surface area (TPSA) is 161 Å². The lowest BCUT2D eigenvalue weighted by Gasteiger charge is -2.37. The Morgan fingerprint density at radius 1 is 1.03 bits per heavy atom. The molecule has 1 amide bonds. The summed E-state index contributed by atoms with van der Waals surface area (Å²) in [4.78, 5) is 70.5. The SMILES string of the molecule is COC(=O)C1=CC(=O)[C@@H](NC(C)=O)[C@H]([C@H](OC(C)=O)[C@@H](COC(C)=O)OC(C)=O)O1. The van der Waals surface area contributed by atoms with Crippen molar-refractivity contribution in [3.63, 3.8) is 0 Å². The van der Waals surface area contributed by atoms with Crippen molar-refractivity contribution in [3.8, 4) is 0 Å². The molecule has 1 aliphatic rings. The van der Waals surface area contributed by atoms with Crippen LogP contribution in [0.1, 0.15) is 27.7 Å². The monoisotopic (exact) mass is 429 g/mol. The quantitative estimate of drug-likeness (QED) is 0.370. The molecule has 12 heteroatoms. The van der Waals surface area contributed by atoms with Gasteiger partial charge in [0.25, 0.3) is 0 Å². The number of ketones is 1. The van der Waals surface area contributed by atoms with E-state index in [1.165, 1.54) is 0 Å². The van der Waals surface area contributed by atoms with E-state index in [4.69, 9.17) is 18.9 Å². The van der Waals surface area contributed by atoms with E-state index in [2.05, 4.69) is 10.1 Å². The summed E-state index contributed by atoms with van der Waals surface area (Å²) < 4.78 is 25.2. The molecule has 30 heavy (non-hydrogen) atoms. The van der Waals surface area contributed by atoms with Crippen LogP contribution >= 0.6 is 0 Å². The van der Waals surface area contributed by atoms with Crippen LogP contribution in [0.4, 0.5) is 0 Å². The van der Waals surface area contributed by atoms with Gasteiger partial charge in [0.1, 0.15) is 12.6 Å². The second-order valence-corrected chi connectivity index (χ2v) is 6.19. The molecule has 0 bridgehead atoms. The lowest BCUT2D eigenvalue weighted by Crippen LogP contribution is -2.60. The van der Waals surface area contributed by atoms with Crippen LogP contribution in [0.2, 0.25) is 0 Å². The van der Waals surface area contributed by atoms with E-state index >= 15 is 0 Å². The van der Waals surface area contributed by atoms with Crippen molar-refractivity contribution in [2.24, 2.45) is 0 Å². The average molecular weight is 429 g/mol. The van der Waals surface area contributed by atoms with Gasteiger partial charge in [0.2, 0.25) is 11.7 Å². The molecule has 0 saturated carbocycles. The first-order valence-electron chi connectivity index (χ1n) is 8.71. The van der Waals surface area contributed by atoms with Gasteiger partial charge in [0.15, 0.2) is 24.1 Å². The molecule has 1 heterocycles. The van der Waals surface area contributed by atoms with Crippen molar-refractivity contribution in [3.05, 3.63) is 11.8 Å². The first-order valence-corrected chi connectivity index (χ1v) is 8.71. The predicted octanol–water partition coefficient (Wildman–Crippen LogP) is -1.06. The average Bonchev–Trinajstić information content (AvgIpc) is 2.63. The van der Waals surface area contributed by atoms with E-state index in [0.29, 0.717) is 0 Å². The van der Waals surface area contributed by atoms with E-state index in [0.717, 1.165) is 40.9 Å². The summed E-state index contributed by atoms with van der Waals surface area (Å²) in [5, 5.41) is 2.34. The fourth-order valence-electron chi connectivity index (χ4n) is 2.62. The molecule has 1 aliphatic heterocycles. The summed E-state index contributed by atoms with van der Waals surface area (Å²) in [6, 6.07) is -1.41. The van der Waals surface area contributed by atoms with E-state index in [-0.39, 0.29) is 0 Å². The van der Waals surface area contributed by atoms with Crippen LogP contribution in [-0.2, 0) is 52.5 Å². The van der Waals surface area contributed by atoms with Gasteiger partial charge < -0.3 is 29.0 Å². The van der Waals surface area contributed by atoms with Gasteiger partial charge in [-0.15, -0.1) is 0 Å². The summed E-state index contributed by atoms with van der Waals surface area (Å²) in [5.74, 6) is -5.28. The highest BCUT2D eigenvalue weighted by molar-refractivity contribution is 6.03. The maximum atomic E-state index is 12.6. The van der Waals surface area contributed by atoms with Crippen molar-refractivity contribution >= 4 is 35.6 Å². The van der Waals surface area contributed by atoms with Crippen molar-refractivity contribution in [1.29, 1.82) is 0 Å². The van der Waals surface area contributed by atoms with Crippen molar-refractivity contribution in [1.82, 2.24) is 5.32 Å². The molecule has 1 rings (SSSR count).